The SMILES string of the molecule is CC(=O)c1c(C)[nH]c(C(=O)COC(=O)c2ccc(N3C[C@H](C)C[C@H](C)C3)c([N+](=O)[O-])c2)c1C. The Labute approximate surface area is 192 Å². The van der Waals surface area contributed by atoms with Crippen molar-refractivity contribution in [3.63, 3.8) is 0 Å². The first-order chi connectivity index (χ1) is 15.5. The number of rotatable bonds is 7. The van der Waals surface area contributed by atoms with E-state index < -0.39 is 23.3 Å². The smallest absolute Gasteiger partial charge is 0.338 e. The number of nitro groups is 1. The van der Waals surface area contributed by atoms with Crippen molar-refractivity contribution in [1.29, 1.82) is 0 Å². The summed E-state index contributed by atoms with van der Waals surface area (Å²) in [5, 5.41) is 11.7. The number of H-pyrrole nitrogens is 1. The van der Waals surface area contributed by atoms with Crippen molar-refractivity contribution in [3.8, 4) is 0 Å². The molecule has 1 aromatic heterocycles. The van der Waals surface area contributed by atoms with Crippen LogP contribution in [0.2, 0.25) is 0 Å². The minimum Gasteiger partial charge on any atom is -0.454 e. The molecule has 0 spiro atoms. The molecule has 0 saturated carbocycles. The number of aromatic nitrogens is 1. The molecular formula is C24H29N3O6. The third-order valence-corrected chi connectivity index (χ3v) is 6.02. The van der Waals surface area contributed by atoms with E-state index in [1.54, 1.807) is 19.9 Å². The molecule has 2 heterocycles. The van der Waals surface area contributed by atoms with Gasteiger partial charge in [0.15, 0.2) is 12.4 Å². The standard InChI is InChI=1S/C24H29N3O6/c1-13-8-14(2)11-26(10-13)19-7-6-18(9-20(19)27(31)32)24(30)33-12-21(29)23-15(3)22(17(5)28)16(4)25-23/h6-7,9,13-14,25H,8,10-12H2,1-5H3/t13-,14+. The van der Waals surface area contributed by atoms with E-state index in [1.807, 2.05) is 4.90 Å². The summed E-state index contributed by atoms with van der Waals surface area (Å²) >= 11 is 0. The van der Waals surface area contributed by atoms with Gasteiger partial charge in [0.1, 0.15) is 5.69 Å². The van der Waals surface area contributed by atoms with Gasteiger partial charge >= 0.3 is 5.97 Å². The van der Waals surface area contributed by atoms with Crippen LogP contribution in [-0.4, -0.2) is 47.1 Å². The van der Waals surface area contributed by atoms with Crippen LogP contribution in [0.1, 0.15) is 69.7 Å². The van der Waals surface area contributed by atoms with Crippen LogP contribution in [0.4, 0.5) is 11.4 Å². The highest BCUT2D eigenvalue weighted by molar-refractivity contribution is 6.04. The average molecular weight is 456 g/mol. The molecule has 9 nitrogen and oxygen atoms in total. The molecule has 1 fully saturated rings. The second-order valence-electron chi connectivity index (χ2n) is 8.99. The molecule has 0 aliphatic carbocycles. The van der Waals surface area contributed by atoms with E-state index in [1.165, 1.54) is 19.1 Å². The van der Waals surface area contributed by atoms with Gasteiger partial charge in [0.25, 0.3) is 5.69 Å². The fraction of sp³-hybridized carbons (Fsp3) is 0.458. The van der Waals surface area contributed by atoms with Crippen molar-refractivity contribution in [3.05, 3.63) is 56.4 Å². The summed E-state index contributed by atoms with van der Waals surface area (Å²) in [5.74, 6) is -0.660. The van der Waals surface area contributed by atoms with Crippen molar-refractivity contribution in [2.24, 2.45) is 11.8 Å². The Morgan fingerprint density at radius 3 is 2.36 bits per heavy atom. The molecular weight excluding hydrogens is 426 g/mol. The number of nitro benzene ring substituents is 1. The topological polar surface area (TPSA) is 123 Å². The largest absolute Gasteiger partial charge is 0.454 e. The van der Waals surface area contributed by atoms with Crippen LogP contribution in [0.3, 0.4) is 0 Å². The van der Waals surface area contributed by atoms with Gasteiger partial charge in [-0.1, -0.05) is 13.8 Å². The van der Waals surface area contributed by atoms with E-state index in [0.717, 1.165) is 6.42 Å². The second kappa shape index (κ2) is 9.56. The summed E-state index contributed by atoms with van der Waals surface area (Å²) < 4.78 is 5.13. The number of nitrogens with zero attached hydrogens (tertiary/aromatic N) is 2. The predicted octanol–water partition coefficient (Wildman–Crippen LogP) is 4.26. The van der Waals surface area contributed by atoms with Gasteiger partial charge in [0, 0.05) is 30.4 Å². The Bertz CT molecular complexity index is 1110. The summed E-state index contributed by atoms with van der Waals surface area (Å²) in [6.07, 6.45) is 1.07. The maximum absolute atomic E-state index is 12.6. The number of carbonyl (C=O) groups excluding carboxylic acids is 3. The Morgan fingerprint density at radius 2 is 1.82 bits per heavy atom. The fourth-order valence-electron chi connectivity index (χ4n) is 4.77. The monoisotopic (exact) mass is 455 g/mol. The number of carbonyl (C=O) groups is 3. The van der Waals surface area contributed by atoms with Crippen LogP contribution in [0.5, 0.6) is 0 Å². The number of anilines is 1. The number of hydrogen-bond donors (Lipinski definition) is 1. The van der Waals surface area contributed by atoms with Crippen molar-refractivity contribution in [1.82, 2.24) is 4.98 Å². The van der Waals surface area contributed by atoms with Crippen molar-refractivity contribution >= 4 is 28.9 Å². The summed E-state index contributed by atoms with van der Waals surface area (Å²) in [6.45, 7) is 9.86. The summed E-state index contributed by atoms with van der Waals surface area (Å²) in [5.41, 5.74) is 2.03. The molecule has 2 atom stereocenters. The van der Waals surface area contributed by atoms with Gasteiger partial charge in [-0.2, -0.15) is 0 Å². The van der Waals surface area contributed by atoms with E-state index >= 15 is 0 Å². The van der Waals surface area contributed by atoms with Crippen molar-refractivity contribution < 1.29 is 24.0 Å². The lowest BCUT2D eigenvalue weighted by Crippen LogP contribution is -2.39. The molecule has 2 aromatic rings. The number of aromatic amines is 1. The first-order valence-corrected chi connectivity index (χ1v) is 10.9. The van der Waals surface area contributed by atoms with Crippen LogP contribution >= 0.6 is 0 Å². The maximum Gasteiger partial charge on any atom is 0.338 e. The zero-order valence-corrected chi connectivity index (χ0v) is 19.6. The Kier molecular flexibility index (Phi) is 7.00. The molecule has 176 valence electrons. The predicted molar refractivity (Wildman–Crippen MR) is 123 cm³/mol. The van der Waals surface area contributed by atoms with Gasteiger partial charge < -0.3 is 14.6 Å². The molecule has 1 aliphatic rings. The molecule has 0 radical (unpaired) electrons. The lowest BCUT2D eigenvalue weighted by atomic mass is 9.91. The first-order valence-electron chi connectivity index (χ1n) is 10.9. The van der Waals surface area contributed by atoms with E-state index in [4.69, 9.17) is 4.74 Å². The van der Waals surface area contributed by atoms with Gasteiger partial charge in [0.2, 0.25) is 5.78 Å². The maximum atomic E-state index is 12.6. The van der Waals surface area contributed by atoms with Gasteiger partial charge in [-0.05, 0) is 56.7 Å². The van der Waals surface area contributed by atoms with Crippen LogP contribution in [0, 0.1) is 35.8 Å². The summed E-state index contributed by atoms with van der Waals surface area (Å²) in [6, 6.07) is 4.25. The fourth-order valence-corrected chi connectivity index (χ4v) is 4.77. The lowest BCUT2D eigenvalue weighted by Gasteiger charge is -2.36. The van der Waals surface area contributed by atoms with Gasteiger partial charge in [-0.3, -0.25) is 19.7 Å². The minimum absolute atomic E-state index is 0.000157. The van der Waals surface area contributed by atoms with Gasteiger partial charge in [0.05, 0.1) is 16.2 Å². The third-order valence-electron chi connectivity index (χ3n) is 6.02. The molecule has 0 bridgehead atoms. The van der Waals surface area contributed by atoms with Gasteiger partial charge in [-0.15, -0.1) is 0 Å². The summed E-state index contributed by atoms with van der Waals surface area (Å²) in [4.78, 5) is 52.9. The Balaban J connectivity index is 1.76. The number of ether oxygens (including phenoxy) is 1. The number of hydrogen-bond acceptors (Lipinski definition) is 7. The van der Waals surface area contributed by atoms with E-state index in [0.29, 0.717) is 47.4 Å². The molecule has 1 saturated heterocycles. The Morgan fingerprint density at radius 1 is 1.18 bits per heavy atom. The molecule has 9 heteroatoms. The van der Waals surface area contributed by atoms with Crippen LogP contribution in [-0.2, 0) is 4.74 Å². The molecule has 3 rings (SSSR count). The molecule has 1 N–H and O–H groups in total. The Hall–Kier alpha value is -3.49. The lowest BCUT2D eigenvalue weighted by molar-refractivity contribution is -0.384. The number of esters is 1. The number of ketones is 2. The van der Waals surface area contributed by atoms with Crippen LogP contribution in [0.25, 0.3) is 0 Å². The van der Waals surface area contributed by atoms with Gasteiger partial charge in [-0.25, -0.2) is 4.79 Å². The normalized spacial score (nSPS) is 18.2. The highest BCUT2D eigenvalue weighted by Gasteiger charge is 2.28. The van der Waals surface area contributed by atoms with Crippen molar-refractivity contribution in [2.45, 2.75) is 41.0 Å². The average Bonchev–Trinajstić information content (AvgIpc) is 3.04. The molecule has 0 unspecified atom stereocenters. The number of aryl methyl sites for hydroxylation is 1. The van der Waals surface area contributed by atoms with E-state index in [9.17, 15) is 24.5 Å². The number of benzene rings is 1. The molecule has 0 amide bonds. The highest BCUT2D eigenvalue weighted by atomic mass is 16.6. The number of Topliss-reactive ketones (excluding diaryl/α,β-unsaturated/α-hetero) is 2. The molecule has 1 aliphatic heterocycles. The zero-order valence-electron chi connectivity index (χ0n) is 19.6. The minimum atomic E-state index is -0.828. The van der Waals surface area contributed by atoms with Crippen molar-refractivity contribution in [2.75, 3.05) is 24.6 Å². The second-order valence-corrected chi connectivity index (χ2v) is 8.99. The third kappa shape index (κ3) is 5.13. The van der Waals surface area contributed by atoms with E-state index in [2.05, 4.69) is 18.8 Å². The quantitative estimate of drug-likeness (QED) is 0.286. The number of nitrogens with one attached hydrogen (secondary N) is 1. The first kappa shape index (κ1) is 24.2. The van der Waals surface area contributed by atoms with Crippen LogP contribution < -0.4 is 4.90 Å². The highest BCUT2D eigenvalue weighted by Crippen LogP contribution is 2.34. The summed E-state index contributed by atoms with van der Waals surface area (Å²) in [7, 11) is 0. The molecule has 1 aromatic carbocycles. The van der Waals surface area contributed by atoms with Crippen LogP contribution in [0.15, 0.2) is 18.2 Å². The molecule has 33 heavy (non-hydrogen) atoms. The van der Waals surface area contributed by atoms with E-state index in [-0.39, 0.29) is 22.7 Å². The number of piperidine rings is 1. The zero-order chi connectivity index (χ0) is 24.4.